The summed E-state index contributed by atoms with van der Waals surface area (Å²) in [6, 6.07) is 61.3. The molecule has 0 radical (unpaired) electrons. The van der Waals surface area contributed by atoms with Crippen LogP contribution in [-0.4, -0.2) is 0 Å². The number of benzene rings is 10. The van der Waals surface area contributed by atoms with Crippen LogP contribution in [0.15, 0.2) is 179 Å². The van der Waals surface area contributed by atoms with Gasteiger partial charge in [0.05, 0.1) is 5.56 Å². The van der Waals surface area contributed by atoms with E-state index < -0.39 is 0 Å². The van der Waals surface area contributed by atoms with E-state index in [9.17, 15) is 0 Å². The SMILES string of the molecule is c1ccc2c(-c3c4ccccc4c(-c4c5oc6ccccc6c5cc5c4oc4ccccc45)c4ccccc34)c3ccc4ccccc4c3cc2c1. The Morgan fingerprint density at radius 3 is 1.21 bits per heavy atom. The third-order valence-corrected chi connectivity index (χ3v) is 11.2. The van der Waals surface area contributed by atoms with Gasteiger partial charge in [-0.25, -0.2) is 0 Å². The summed E-state index contributed by atoms with van der Waals surface area (Å²) in [6.45, 7) is 0. The van der Waals surface area contributed by atoms with Crippen LogP contribution in [0.5, 0.6) is 0 Å². The average Bonchev–Trinajstić information content (AvgIpc) is 3.77. The van der Waals surface area contributed by atoms with Crippen molar-refractivity contribution in [3.63, 3.8) is 0 Å². The largest absolute Gasteiger partial charge is 0.455 e. The Kier molecular flexibility index (Phi) is 5.53. The fraction of sp³-hybridized carbons (Fsp3) is 0. The van der Waals surface area contributed by atoms with Crippen molar-refractivity contribution in [3.8, 4) is 22.3 Å². The summed E-state index contributed by atoms with van der Waals surface area (Å²) in [5.41, 5.74) is 8.05. The van der Waals surface area contributed by atoms with Crippen LogP contribution in [0.1, 0.15) is 0 Å². The molecular formula is C50H28O2. The van der Waals surface area contributed by atoms with Crippen molar-refractivity contribution in [3.05, 3.63) is 170 Å². The Morgan fingerprint density at radius 1 is 0.231 bits per heavy atom. The second kappa shape index (κ2) is 10.3. The summed E-state index contributed by atoms with van der Waals surface area (Å²) >= 11 is 0. The number of para-hydroxylation sites is 2. The van der Waals surface area contributed by atoms with E-state index in [2.05, 4.69) is 158 Å². The van der Waals surface area contributed by atoms with Gasteiger partial charge in [0, 0.05) is 27.1 Å². The highest BCUT2D eigenvalue weighted by molar-refractivity contribution is 6.32. The van der Waals surface area contributed by atoms with Crippen LogP contribution in [0.25, 0.3) is 120 Å². The number of hydrogen-bond acceptors (Lipinski definition) is 2. The topological polar surface area (TPSA) is 26.3 Å². The summed E-state index contributed by atoms with van der Waals surface area (Å²) in [5.74, 6) is 0. The molecule has 0 saturated heterocycles. The molecule has 10 aromatic carbocycles. The molecule has 0 unspecified atom stereocenters. The zero-order chi connectivity index (χ0) is 33.9. The van der Waals surface area contributed by atoms with E-state index in [4.69, 9.17) is 8.83 Å². The highest BCUT2D eigenvalue weighted by Gasteiger charge is 2.26. The lowest BCUT2D eigenvalue weighted by Crippen LogP contribution is -1.94. The fourth-order valence-corrected chi connectivity index (χ4v) is 9.02. The van der Waals surface area contributed by atoms with Crippen molar-refractivity contribution in [1.29, 1.82) is 0 Å². The van der Waals surface area contributed by atoms with Crippen LogP contribution < -0.4 is 0 Å². The van der Waals surface area contributed by atoms with Gasteiger partial charge in [0.25, 0.3) is 0 Å². The second-order valence-electron chi connectivity index (χ2n) is 13.9. The van der Waals surface area contributed by atoms with Gasteiger partial charge in [-0.05, 0) is 89.3 Å². The molecule has 0 aliphatic heterocycles. The van der Waals surface area contributed by atoms with Crippen molar-refractivity contribution >= 4 is 97.7 Å². The Morgan fingerprint density at radius 2 is 0.635 bits per heavy atom. The summed E-state index contributed by atoms with van der Waals surface area (Å²) in [7, 11) is 0. The van der Waals surface area contributed by atoms with Crippen molar-refractivity contribution in [2.24, 2.45) is 0 Å². The number of fused-ring (bicyclic) bond motifs is 12. The molecule has 0 spiro atoms. The Balaban J connectivity index is 1.32. The van der Waals surface area contributed by atoms with Crippen molar-refractivity contribution in [2.75, 3.05) is 0 Å². The molecular weight excluding hydrogens is 633 g/mol. The normalized spacial score (nSPS) is 12.2. The smallest absolute Gasteiger partial charge is 0.147 e. The number of furan rings is 2. The fourth-order valence-electron chi connectivity index (χ4n) is 9.02. The van der Waals surface area contributed by atoms with Gasteiger partial charge in [0.2, 0.25) is 0 Å². The third kappa shape index (κ3) is 3.68. The Labute approximate surface area is 297 Å². The predicted molar refractivity (Wildman–Crippen MR) is 219 cm³/mol. The van der Waals surface area contributed by atoms with Gasteiger partial charge in [-0.1, -0.05) is 146 Å². The first-order valence-corrected chi connectivity index (χ1v) is 17.8. The molecule has 0 saturated carbocycles. The van der Waals surface area contributed by atoms with Gasteiger partial charge in [0.1, 0.15) is 22.3 Å². The zero-order valence-corrected chi connectivity index (χ0v) is 28.0. The van der Waals surface area contributed by atoms with Gasteiger partial charge in [-0.3, -0.25) is 0 Å². The Hall–Kier alpha value is -6.90. The minimum Gasteiger partial charge on any atom is -0.455 e. The second-order valence-corrected chi connectivity index (χ2v) is 13.9. The van der Waals surface area contributed by atoms with Crippen LogP contribution in [0.3, 0.4) is 0 Å². The van der Waals surface area contributed by atoms with E-state index in [1.54, 1.807) is 0 Å². The van der Waals surface area contributed by atoms with E-state index in [0.717, 1.165) is 65.8 Å². The molecule has 2 heterocycles. The van der Waals surface area contributed by atoms with Gasteiger partial charge in [-0.15, -0.1) is 0 Å². The quantitative estimate of drug-likeness (QED) is 0.136. The predicted octanol–water partition coefficient (Wildman–Crippen LogP) is 14.6. The average molecular weight is 661 g/mol. The molecule has 12 aromatic rings. The van der Waals surface area contributed by atoms with Crippen LogP contribution in [0.4, 0.5) is 0 Å². The molecule has 0 bridgehead atoms. The number of hydrogen-bond donors (Lipinski definition) is 0. The lowest BCUT2D eigenvalue weighted by atomic mass is 9.82. The molecule has 2 nitrogen and oxygen atoms in total. The van der Waals surface area contributed by atoms with Crippen LogP contribution in [0.2, 0.25) is 0 Å². The first-order valence-electron chi connectivity index (χ1n) is 17.8. The maximum atomic E-state index is 6.85. The highest BCUT2D eigenvalue weighted by Crippen LogP contribution is 2.52. The van der Waals surface area contributed by atoms with Crippen LogP contribution >= 0.6 is 0 Å². The third-order valence-electron chi connectivity index (χ3n) is 11.2. The molecule has 2 aromatic heterocycles. The van der Waals surface area contributed by atoms with Gasteiger partial charge < -0.3 is 8.83 Å². The molecule has 0 N–H and O–H groups in total. The lowest BCUT2D eigenvalue weighted by Gasteiger charge is -2.21. The molecule has 0 amide bonds. The maximum Gasteiger partial charge on any atom is 0.147 e. The summed E-state index contributed by atoms with van der Waals surface area (Å²) in [6.07, 6.45) is 0. The van der Waals surface area contributed by atoms with Gasteiger partial charge >= 0.3 is 0 Å². The highest BCUT2D eigenvalue weighted by atomic mass is 16.3. The van der Waals surface area contributed by atoms with Crippen molar-refractivity contribution in [2.45, 2.75) is 0 Å². The zero-order valence-electron chi connectivity index (χ0n) is 28.0. The standard InChI is InChI=1S/C50H28O2/c1-3-15-31-29(13-1)25-26-39-40(31)27-30-14-2-4-16-32(30)45(39)46-35-19-5-7-21-37(35)47(38-22-8-6-20-36(38)46)48-49-41(33-17-9-11-23-43(33)51-49)28-42-34-18-10-12-24-44(34)52-50(42)48/h1-28H. The van der Waals surface area contributed by atoms with Crippen LogP contribution in [0, 0.1) is 0 Å². The maximum absolute atomic E-state index is 6.85. The molecule has 240 valence electrons. The number of rotatable bonds is 2. The van der Waals surface area contributed by atoms with E-state index in [1.165, 1.54) is 54.2 Å². The first kappa shape index (κ1) is 27.9. The molecule has 12 rings (SSSR count). The molecule has 0 aliphatic rings. The molecule has 2 heteroatoms. The van der Waals surface area contributed by atoms with E-state index in [0.29, 0.717) is 0 Å². The summed E-state index contributed by atoms with van der Waals surface area (Å²) in [4.78, 5) is 0. The first-order chi connectivity index (χ1) is 25.8. The molecule has 0 aliphatic carbocycles. The lowest BCUT2D eigenvalue weighted by molar-refractivity contribution is 0.658. The molecule has 0 atom stereocenters. The minimum absolute atomic E-state index is 0.845. The summed E-state index contributed by atoms with van der Waals surface area (Å²) < 4.78 is 13.7. The van der Waals surface area contributed by atoms with E-state index >= 15 is 0 Å². The van der Waals surface area contributed by atoms with Gasteiger partial charge in [-0.2, -0.15) is 0 Å². The Bertz CT molecular complexity index is 3320. The van der Waals surface area contributed by atoms with Crippen molar-refractivity contribution < 1.29 is 8.83 Å². The van der Waals surface area contributed by atoms with Crippen molar-refractivity contribution in [1.82, 2.24) is 0 Å². The van der Waals surface area contributed by atoms with E-state index in [-0.39, 0.29) is 0 Å². The summed E-state index contributed by atoms with van der Waals surface area (Å²) in [5, 5.41) is 16.6. The minimum atomic E-state index is 0.845. The van der Waals surface area contributed by atoms with E-state index in [1.807, 2.05) is 12.1 Å². The van der Waals surface area contributed by atoms with Crippen LogP contribution in [-0.2, 0) is 0 Å². The monoisotopic (exact) mass is 660 g/mol. The molecule has 52 heavy (non-hydrogen) atoms. The molecule has 0 fully saturated rings. The van der Waals surface area contributed by atoms with Gasteiger partial charge in [0.15, 0.2) is 0 Å².